The van der Waals surface area contributed by atoms with Crippen LogP contribution in [0.2, 0.25) is 10.0 Å². The van der Waals surface area contributed by atoms with Gasteiger partial charge in [0, 0.05) is 0 Å². The van der Waals surface area contributed by atoms with Gasteiger partial charge in [-0.15, -0.1) is 0 Å². The molecule has 12 heteroatoms. The van der Waals surface area contributed by atoms with Crippen molar-refractivity contribution >= 4 is 38.9 Å². The summed E-state index contributed by atoms with van der Waals surface area (Å²) in [5, 5.41) is 3.49. The topological polar surface area (TPSA) is 81.1 Å². The van der Waals surface area contributed by atoms with E-state index in [2.05, 4.69) is 5.10 Å². The van der Waals surface area contributed by atoms with Crippen LogP contribution >= 0.6 is 23.2 Å². The van der Waals surface area contributed by atoms with Gasteiger partial charge in [-0.05, 0) is 36.4 Å². The van der Waals surface area contributed by atoms with E-state index in [0.29, 0.717) is 6.07 Å². The van der Waals surface area contributed by atoms with Crippen molar-refractivity contribution in [3.05, 3.63) is 80.4 Å². The Morgan fingerprint density at radius 2 is 1.61 bits per heavy atom. The molecule has 0 unspecified atom stereocenters. The van der Waals surface area contributed by atoms with E-state index in [1.54, 1.807) is 0 Å². The van der Waals surface area contributed by atoms with Crippen molar-refractivity contribution in [1.82, 2.24) is 9.78 Å². The van der Waals surface area contributed by atoms with Crippen molar-refractivity contribution in [3.8, 4) is 5.69 Å². The standard InChI is InChI=1S/C16H8Cl2F3N3O3S/c17-10-7-22-24(16(25)13(10)18)8-1-3-9(4-2-8)28(26,27)23-12-6-5-11(19)14(20)15(12)21/h1-7,23H. The minimum Gasteiger partial charge on any atom is -0.277 e. The summed E-state index contributed by atoms with van der Waals surface area (Å²) >= 11 is 11.5. The summed E-state index contributed by atoms with van der Waals surface area (Å²) in [5.41, 5.74) is -1.29. The second-order valence-corrected chi connectivity index (χ2v) is 7.81. The molecule has 1 aromatic heterocycles. The lowest BCUT2D eigenvalue weighted by molar-refractivity contribution is 0.449. The molecule has 0 spiro atoms. The summed E-state index contributed by atoms with van der Waals surface area (Å²) in [5.74, 6) is -4.93. The first-order valence-corrected chi connectivity index (χ1v) is 9.56. The number of sulfonamides is 1. The van der Waals surface area contributed by atoms with Gasteiger partial charge in [0.05, 0.1) is 27.5 Å². The molecule has 146 valence electrons. The molecule has 1 heterocycles. The molecule has 0 amide bonds. The highest BCUT2D eigenvalue weighted by Gasteiger charge is 2.20. The Bertz CT molecular complexity index is 1230. The molecule has 0 saturated carbocycles. The van der Waals surface area contributed by atoms with Crippen LogP contribution in [0, 0.1) is 17.5 Å². The van der Waals surface area contributed by atoms with Crippen molar-refractivity contribution in [3.63, 3.8) is 0 Å². The lowest BCUT2D eigenvalue weighted by atomic mass is 10.3. The molecule has 0 aliphatic rings. The van der Waals surface area contributed by atoms with Crippen molar-refractivity contribution in [1.29, 1.82) is 0 Å². The minimum atomic E-state index is -4.32. The van der Waals surface area contributed by atoms with Crippen LogP contribution in [0.1, 0.15) is 0 Å². The number of aromatic nitrogens is 2. The highest BCUT2D eigenvalue weighted by molar-refractivity contribution is 7.92. The van der Waals surface area contributed by atoms with Crippen LogP contribution in [0.3, 0.4) is 0 Å². The van der Waals surface area contributed by atoms with E-state index in [0.717, 1.165) is 29.1 Å². The Balaban J connectivity index is 1.94. The Kier molecular flexibility index (Phi) is 5.37. The van der Waals surface area contributed by atoms with Crippen molar-refractivity contribution in [2.75, 3.05) is 4.72 Å². The molecular weight excluding hydrogens is 442 g/mol. The maximum Gasteiger partial charge on any atom is 0.291 e. The van der Waals surface area contributed by atoms with E-state index in [1.165, 1.54) is 12.1 Å². The summed E-state index contributed by atoms with van der Waals surface area (Å²) in [4.78, 5) is 11.7. The smallest absolute Gasteiger partial charge is 0.277 e. The van der Waals surface area contributed by atoms with E-state index in [9.17, 15) is 26.4 Å². The van der Waals surface area contributed by atoms with Gasteiger partial charge in [0.2, 0.25) is 0 Å². The van der Waals surface area contributed by atoms with Crippen LogP contribution in [0.15, 0.2) is 52.3 Å². The number of hydrogen-bond acceptors (Lipinski definition) is 4. The second kappa shape index (κ2) is 7.46. The first kappa shape index (κ1) is 20.2. The van der Waals surface area contributed by atoms with Gasteiger partial charge in [-0.3, -0.25) is 9.52 Å². The number of benzene rings is 2. The predicted octanol–water partition coefficient (Wildman–Crippen LogP) is 3.76. The van der Waals surface area contributed by atoms with Crippen molar-refractivity contribution < 1.29 is 21.6 Å². The SMILES string of the molecule is O=c1c(Cl)c(Cl)cnn1-c1ccc(S(=O)(=O)Nc2ccc(F)c(F)c2F)cc1. The van der Waals surface area contributed by atoms with E-state index in [4.69, 9.17) is 23.2 Å². The highest BCUT2D eigenvalue weighted by Crippen LogP contribution is 2.23. The van der Waals surface area contributed by atoms with Gasteiger partial charge in [-0.25, -0.2) is 21.6 Å². The second-order valence-electron chi connectivity index (χ2n) is 5.35. The van der Waals surface area contributed by atoms with Gasteiger partial charge in [0.25, 0.3) is 15.6 Å². The molecule has 0 aliphatic heterocycles. The van der Waals surface area contributed by atoms with Crippen LogP contribution in [0.25, 0.3) is 5.69 Å². The Hall–Kier alpha value is -2.56. The van der Waals surface area contributed by atoms with Crippen LogP contribution < -0.4 is 10.3 Å². The van der Waals surface area contributed by atoms with Gasteiger partial charge in [0.1, 0.15) is 5.02 Å². The molecular formula is C16H8Cl2F3N3O3S. The maximum absolute atomic E-state index is 13.7. The number of nitrogens with one attached hydrogen (secondary N) is 1. The molecule has 3 aromatic rings. The molecule has 6 nitrogen and oxygen atoms in total. The largest absolute Gasteiger partial charge is 0.291 e. The monoisotopic (exact) mass is 449 g/mol. The third-order valence-electron chi connectivity index (χ3n) is 3.55. The average Bonchev–Trinajstić information content (AvgIpc) is 2.67. The summed E-state index contributed by atoms with van der Waals surface area (Å²) in [6.07, 6.45) is 1.14. The lowest BCUT2D eigenvalue weighted by Gasteiger charge is -2.11. The molecule has 1 N–H and O–H groups in total. The zero-order chi connectivity index (χ0) is 20.6. The third-order valence-corrected chi connectivity index (χ3v) is 5.68. The fraction of sp³-hybridized carbons (Fsp3) is 0. The van der Waals surface area contributed by atoms with E-state index in [1.807, 2.05) is 4.72 Å². The summed E-state index contributed by atoms with van der Waals surface area (Å²) in [7, 11) is -4.32. The Labute approximate surface area is 166 Å². The lowest BCUT2D eigenvalue weighted by Crippen LogP contribution is -2.21. The first-order valence-electron chi connectivity index (χ1n) is 7.32. The Morgan fingerprint density at radius 3 is 2.25 bits per heavy atom. The average molecular weight is 450 g/mol. The van der Waals surface area contributed by atoms with Gasteiger partial charge >= 0.3 is 0 Å². The molecule has 0 atom stereocenters. The van der Waals surface area contributed by atoms with Gasteiger partial charge in [0.15, 0.2) is 17.5 Å². The number of hydrogen-bond donors (Lipinski definition) is 1. The molecule has 2 aromatic carbocycles. The number of halogens is 5. The van der Waals surface area contributed by atoms with Crippen LogP contribution in [0.5, 0.6) is 0 Å². The quantitative estimate of drug-likeness (QED) is 0.614. The van der Waals surface area contributed by atoms with E-state index >= 15 is 0 Å². The fourth-order valence-corrected chi connectivity index (χ4v) is 3.48. The normalized spacial score (nSPS) is 11.5. The molecule has 0 fully saturated rings. The molecule has 0 radical (unpaired) electrons. The highest BCUT2D eigenvalue weighted by atomic mass is 35.5. The van der Waals surface area contributed by atoms with Crippen LogP contribution in [-0.2, 0) is 10.0 Å². The molecule has 0 bridgehead atoms. The molecule has 28 heavy (non-hydrogen) atoms. The van der Waals surface area contributed by atoms with Crippen LogP contribution in [-0.4, -0.2) is 18.2 Å². The van der Waals surface area contributed by atoms with Gasteiger partial charge in [-0.2, -0.15) is 9.78 Å². The zero-order valence-corrected chi connectivity index (χ0v) is 15.8. The summed E-state index contributed by atoms with van der Waals surface area (Å²) in [6.45, 7) is 0. The number of rotatable bonds is 4. The van der Waals surface area contributed by atoms with Gasteiger partial charge in [-0.1, -0.05) is 23.2 Å². The zero-order valence-electron chi connectivity index (χ0n) is 13.5. The third kappa shape index (κ3) is 3.71. The number of anilines is 1. The van der Waals surface area contributed by atoms with Crippen LogP contribution in [0.4, 0.5) is 18.9 Å². The van der Waals surface area contributed by atoms with Gasteiger partial charge < -0.3 is 0 Å². The maximum atomic E-state index is 13.7. The summed E-state index contributed by atoms with van der Waals surface area (Å²) in [6, 6.07) is 6.03. The first-order chi connectivity index (χ1) is 13.1. The minimum absolute atomic E-state index is 0.0418. The van der Waals surface area contributed by atoms with Crippen molar-refractivity contribution in [2.45, 2.75) is 4.90 Å². The Morgan fingerprint density at radius 1 is 0.964 bits per heavy atom. The molecule has 0 saturated heterocycles. The fourth-order valence-electron chi connectivity index (χ4n) is 2.17. The molecule has 0 aliphatic carbocycles. The summed E-state index contributed by atoms with van der Waals surface area (Å²) < 4.78 is 67.3. The number of nitrogens with zero attached hydrogens (tertiary/aromatic N) is 2. The predicted molar refractivity (Wildman–Crippen MR) is 97.0 cm³/mol. The van der Waals surface area contributed by atoms with E-state index < -0.39 is 38.7 Å². The van der Waals surface area contributed by atoms with E-state index in [-0.39, 0.29) is 20.6 Å². The van der Waals surface area contributed by atoms with Crippen molar-refractivity contribution in [2.24, 2.45) is 0 Å². The molecule has 3 rings (SSSR count).